The van der Waals surface area contributed by atoms with E-state index in [1.54, 1.807) is 25.1 Å². The molecule has 2 aromatic carbocycles. The van der Waals surface area contributed by atoms with Gasteiger partial charge >= 0.3 is 6.18 Å². The molecular formula is C20H17F3N2O3S. The number of carbonyl (C=O) groups is 1. The standard InChI is InChI=1S/C20H17F3N2O3S/c1-11-17(18(26)25-14-7-5-13(6-8-14)20(21,22)23)29-19(24-11)12-4-9-15(27-2)16(10-12)28-3/h4-10H,1-3H3,(H,25,26). The number of aryl methyl sites for hydroxylation is 1. The summed E-state index contributed by atoms with van der Waals surface area (Å²) in [5.74, 6) is 0.671. The highest BCUT2D eigenvalue weighted by atomic mass is 32.1. The summed E-state index contributed by atoms with van der Waals surface area (Å²) in [5.41, 5.74) is 0.761. The van der Waals surface area contributed by atoms with E-state index in [2.05, 4.69) is 10.3 Å². The summed E-state index contributed by atoms with van der Waals surface area (Å²) in [7, 11) is 3.06. The zero-order valence-corrected chi connectivity index (χ0v) is 16.6. The van der Waals surface area contributed by atoms with Gasteiger partial charge in [0.1, 0.15) is 9.88 Å². The molecule has 1 N–H and O–H groups in total. The van der Waals surface area contributed by atoms with Crippen LogP contribution >= 0.6 is 11.3 Å². The van der Waals surface area contributed by atoms with Crippen molar-refractivity contribution in [2.45, 2.75) is 13.1 Å². The van der Waals surface area contributed by atoms with Crippen molar-refractivity contribution in [3.63, 3.8) is 0 Å². The Morgan fingerprint density at radius 1 is 1.03 bits per heavy atom. The quantitative estimate of drug-likeness (QED) is 0.598. The van der Waals surface area contributed by atoms with Crippen LogP contribution in [-0.4, -0.2) is 25.1 Å². The van der Waals surface area contributed by atoms with Crippen LogP contribution < -0.4 is 14.8 Å². The van der Waals surface area contributed by atoms with Crippen LogP contribution in [0.5, 0.6) is 11.5 Å². The molecular weight excluding hydrogens is 405 g/mol. The summed E-state index contributed by atoms with van der Waals surface area (Å²) < 4.78 is 48.5. The molecule has 0 fully saturated rings. The molecule has 0 unspecified atom stereocenters. The molecule has 0 saturated carbocycles. The zero-order chi connectivity index (χ0) is 21.2. The van der Waals surface area contributed by atoms with Crippen LogP contribution in [0.15, 0.2) is 42.5 Å². The van der Waals surface area contributed by atoms with Gasteiger partial charge in [-0.05, 0) is 49.4 Å². The number of nitrogens with one attached hydrogen (secondary N) is 1. The summed E-state index contributed by atoms with van der Waals surface area (Å²) in [5, 5.41) is 3.21. The fourth-order valence-electron chi connectivity index (χ4n) is 2.63. The van der Waals surface area contributed by atoms with Crippen LogP contribution in [0.2, 0.25) is 0 Å². The van der Waals surface area contributed by atoms with E-state index < -0.39 is 17.6 Å². The Morgan fingerprint density at radius 3 is 2.28 bits per heavy atom. The average Bonchev–Trinajstić information content (AvgIpc) is 3.09. The molecule has 3 rings (SSSR count). The Hall–Kier alpha value is -3.07. The molecule has 1 heterocycles. The highest BCUT2D eigenvalue weighted by Gasteiger charge is 2.30. The summed E-state index contributed by atoms with van der Waals surface area (Å²) in [6, 6.07) is 9.58. The number of halogens is 3. The predicted octanol–water partition coefficient (Wildman–Crippen LogP) is 5.41. The number of rotatable bonds is 5. The monoisotopic (exact) mass is 422 g/mol. The molecule has 1 aromatic heterocycles. The van der Waals surface area contributed by atoms with Crippen molar-refractivity contribution >= 4 is 22.9 Å². The van der Waals surface area contributed by atoms with Gasteiger partial charge in [0.15, 0.2) is 11.5 Å². The molecule has 0 radical (unpaired) electrons. The Kier molecular flexibility index (Phi) is 5.78. The van der Waals surface area contributed by atoms with E-state index >= 15 is 0 Å². The van der Waals surface area contributed by atoms with Gasteiger partial charge in [0.2, 0.25) is 0 Å². The number of alkyl halides is 3. The molecule has 29 heavy (non-hydrogen) atoms. The molecule has 0 aliphatic rings. The third-order valence-corrected chi connectivity index (χ3v) is 5.31. The van der Waals surface area contributed by atoms with E-state index in [1.165, 1.54) is 37.7 Å². The summed E-state index contributed by atoms with van der Waals surface area (Å²) in [6.45, 7) is 1.70. The third-order valence-electron chi connectivity index (χ3n) is 4.10. The maximum absolute atomic E-state index is 12.7. The average molecular weight is 422 g/mol. The van der Waals surface area contributed by atoms with Gasteiger partial charge in [0, 0.05) is 11.3 Å². The van der Waals surface area contributed by atoms with Gasteiger partial charge in [0.25, 0.3) is 5.91 Å². The molecule has 1 amide bonds. The molecule has 0 bridgehead atoms. The number of aromatic nitrogens is 1. The molecule has 0 aliphatic carbocycles. The van der Waals surface area contributed by atoms with E-state index in [-0.39, 0.29) is 5.69 Å². The van der Waals surface area contributed by atoms with Gasteiger partial charge in [-0.15, -0.1) is 11.3 Å². The Bertz CT molecular complexity index is 1030. The normalized spacial score (nSPS) is 11.2. The minimum Gasteiger partial charge on any atom is -0.493 e. The molecule has 9 heteroatoms. The Morgan fingerprint density at radius 2 is 1.69 bits per heavy atom. The lowest BCUT2D eigenvalue weighted by molar-refractivity contribution is -0.137. The van der Waals surface area contributed by atoms with Crippen LogP contribution in [0, 0.1) is 6.92 Å². The fourth-order valence-corrected chi connectivity index (χ4v) is 3.59. The van der Waals surface area contributed by atoms with E-state index in [0.717, 1.165) is 17.7 Å². The van der Waals surface area contributed by atoms with Crippen LogP contribution in [0.1, 0.15) is 20.9 Å². The first-order chi connectivity index (χ1) is 13.7. The minimum absolute atomic E-state index is 0.267. The van der Waals surface area contributed by atoms with Crippen LogP contribution in [0.25, 0.3) is 10.6 Å². The van der Waals surface area contributed by atoms with E-state index in [1.807, 2.05) is 0 Å². The summed E-state index contributed by atoms with van der Waals surface area (Å²) in [6.07, 6.45) is -4.43. The highest BCUT2D eigenvalue weighted by Crippen LogP contribution is 2.35. The zero-order valence-electron chi connectivity index (χ0n) is 15.8. The number of amides is 1. The second-order valence-electron chi connectivity index (χ2n) is 6.03. The van der Waals surface area contributed by atoms with Crippen molar-refractivity contribution in [1.29, 1.82) is 0 Å². The first-order valence-corrected chi connectivity index (χ1v) is 9.23. The second-order valence-corrected chi connectivity index (χ2v) is 7.03. The molecule has 152 valence electrons. The van der Waals surface area contributed by atoms with E-state index in [0.29, 0.717) is 27.1 Å². The minimum atomic E-state index is -4.43. The lowest BCUT2D eigenvalue weighted by Crippen LogP contribution is -2.12. The maximum Gasteiger partial charge on any atom is 0.416 e. The van der Waals surface area contributed by atoms with Gasteiger partial charge in [-0.25, -0.2) is 4.98 Å². The smallest absolute Gasteiger partial charge is 0.416 e. The van der Waals surface area contributed by atoms with E-state index in [4.69, 9.17) is 9.47 Å². The van der Waals surface area contributed by atoms with Gasteiger partial charge in [-0.3, -0.25) is 4.79 Å². The second kappa shape index (κ2) is 8.12. The Labute approximate surface area is 169 Å². The molecule has 3 aromatic rings. The number of anilines is 1. The first kappa shape index (κ1) is 20.7. The first-order valence-electron chi connectivity index (χ1n) is 8.41. The van der Waals surface area contributed by atoms with Gasteiger partial charge in [-0.1, -0.05) is 0 Å². The third kappa shape index (κ3) is 4.51. The number of carbonyl (C=O) groups excluding carboxylic acids is 1. The number of benzene rings is 2. The number of methoxy groups -OCH3 is 2. The number of thiazole rings is 1. The summed E-state index contributed by atoms with van der Waals surface area (Å²) in [4.78, 5) is 17.4. The van der Waals surface area contributed by atoms with Crippen LogP contribution in [0.4, 0.5) is 18.9 Å². The molecule has 5 nitrogen and oxygen atoms in total. The summed E-state index contributed by atoms with van der Waals surface area (Å²) >= 11 is 1.18. The van der Waals surface area contributed by atoms with Crippen molar-refractivity contribution in [2.75, 3.05) is 19.5 Å². The lowest BCUT2D eigenvalue weighted by Gasteiger charge is -2.08. The number of hydrogen-bond acceptors (Lipinski definition) is 5. The van der Waals surface area contributed by atoms with Gasteiger partial charge < -0.3 is 14.8 Å². The number of ether oxygens (including phenoxy) is 2. The Balaban J connectivity index is 1.82. The van der Waals surface area contributed by atoms with Crippen LogP contribution in [0.3, 0.4) is 0 Å². The van der Waals surface area contributed by atoms with Crippen molar-refractivity contribution in [3.05, 3.63) is 58.6 Å². The molecule has 0 spiro atoms. The van der Waals surface area contributed by atoms with Crippen molar-refractivity contribution in [3.8, 4) is 22.1 Å². The molecule has 0 saturated heterocycles. The molecule has 0 atom stereocenters. The SMILES string of the molecule is COc1ccc(-c2nc(C)c(C(=O)Nc3ccc(C(F)(F)F)cc3)s2)cc1OC. The predicted molar refractivity (Wildman–Crippen MR) is 105 cm³/mol. The topological polar surface area (TPSA) is 60.5 Å². The van der Waals surface area contributed by atoms with Gasteiger partial charge in [0.05, 0.1) is 25.5 Å². The maximum atomic E-state index is 12.7. The van der Waals surface area contributed by atoms with Gasteiger partial charge in [-0.2, -0.15) is 13.2 Å². The lowest BCUT2D eigenvalue weighted by atomic mass is 10.2. The fraction of sp³-hybridized carbons (Fsp3) is 0.200. The number of nitrogens with zero attached hydrogens (tertiary/aromatic N) is 1. The van der Waals surface area contributed by atoms with Crippen LogP contribution in [-0.2, 0) is 6.18 Å². The molecule has 0 aliphatic heterocycles. The van der Waals surface area contributed by atoms with E-state index in [9.17, 15) is 18.0 Å². The van der Waals surface area contributed by atoms with Crippen molar-refractivity contribution in [2.24, 2.45) is 0 Å². The highest BCUT2D eigenvalue weighted by molar-refractivity contribution is 7.17. The largest absolute Gasteiger partial charge is 0.493 e. The van der Waals surface area contributed by atoms with Crippen molar-refractivity contribution in [1.82, 2.24) is 4.98 Å². The number of hydrogen-bond donors (Lipinski definition) is 1. The van der Waals surface area contributed by atoms with Crippen molar-refractivity contribution < 1.29 is 27.4 Å².